The number of benzene rings is 1. The number of aryl methyl sites for hydroxylation is 1. The summed E-state index contributed by atoms with van der Waals surface area (Å²) in [6, 6.07) is 7.45. The van der Waals surface area contributed by atoms with E-state index in [1.54, 1.807) is 4.90 Å². The maximum Gasteiger partial charge on any atom is 0.315 e. The Morgan fingerprint density at radius 1 is 1.35 bits per heavy atom. The lowest BCUT2D eigenvalue weighted by molar-refractivity contribution is -0.117. The molecule has 2 aliphatic heterocycles. The Labute approximate surface area is 136 Å². The minimum Gasteiger partial charge on any atom is -0.376 e. The Morgan fingerprint density at radius 2 is 2.13 bits per heavy atom. The largest absolute Gasteiger partial charge is 0.376 e. The normalized spacial score (nSPS) is 24.0. The van der Waals surface area contributed by atoms with Gasteiger partial charge in [0.2, 0.25) is 5.91 Å². The first-order chi connectivity index (χ1) is 11.1. The molecule has 0 saturated carbocycles. The molecule has 0 aliphatic carbocycles. The van der Waals surface area contributed by atoms with Crippen LogP contribution in [0.15, 0.2) is 24.3 Å². The molecule has 23 heavy (non-hydrogen) atoms. The number of ether oxygens (including phenoxy) is 1. The number of urea groups is 1. The van der Waals surface area contributed by atoms with Crippen LogP contribution in [-0.2, 0) is 9.53 Å². The molecule has 6 heteroatoms. The van der Waals surface area contributed by atoms with Gasteiger partial charge < -0.3 is 20.3 Å². The third-order valence-electron chi connectivity index (χ3n) is 4.32. The smallest absolute Gasteiger partial charge is 0.315 e. The van der Waals surface area contributed by atoms with Crippen LogP contribution in [0.1, 0.15) is 24.8 Å². The summed E-state index contributed by atoms with van der Waals surface area (Å²) < 4.78 is 5.47. The van der Waals surface area contributed by atoms with Crippen LogP contribution in [0.5, 0.6) is 0 Å². The Kier molecular flexibility index (Phi) is 4.81. The van der Waals surface area contributed by atoms with E-state index in [0.29, 0.717) is 19.5 Å². The van der Waals surface area contributed by atoms with Gasteiger partial charge in [-0.3, -0.25) is 4.79 Å². The molecular weight excluding hydrogens is 294 g/mol. The van der Waals surface area contributed by atoms with Crippen molar-refractivity contribution in [3.8, 4) is 0 Å². The summed E-state index contributed by atoms with van der Waals surface area (Å²) in [5.41, 5.74) is 2.04. The van der Waals surface area contributed by atoms with Crippen molar-refractivity contribution >= 4 is 17.6 Å². The van der Waals surface area contributed by atoms with Crippen LogP contribution in [0.4, 0.5) is 10.5 Å². The number of carbonyl (C=O) groups is 2. The van der Waals surface area contributed by atoms with Crippen LogP contribution < -0.4 is 15.5 Å². The number of nitrogens with one attached hydrogen (secondary N) is 2. The van der Waals surface area contributed by atoms with Crippen molar-refractivity contribution in [2.75, 3.05) is 24.6 Å². The number of rotatable bonds is 4. The topological polar surface area (TPSA) is 70.7 Å². The molecule has 2 saturated heterocycles. The zero-order valence-electron chi connectivity index (χ0n) is 13.4. The summed E-state index contributed by atoms with van der Waals surface area (Å²) in [5, 5.41) is 5.70. The van der Waals surface area contributed by atoms with Crippen molar-refractivity contribution in [1.82, 2.24) is 10.6 Å². The molecule has 124 valence electrons. The Balaban J connectivity index is 1.48. The molecule has 3 amide bonds. The summed E-state index contributed by atoms with van der Waals surface area (Å²) in [5.74, 6) is 0.0401. The van der Waals surface area contributed by atoms with E-state index in [9.17, 15) is 9.59 Å². The van der Waals surface area contributed by atoms with Crippen LogP contribution in [0, 0.1) is 6.92 Å². The highest BCUT2D eigenvalue weighted by atomic mass is 16.5. The summed E-state index contributed by atoms with van der Waals surface area (Å²) in [6.07, 6.45) is 2.50. The lowest BCUT2D eigenvalue weighted by atomic mass is 10.2. The van der Waals surface area contributed by atoms with Gasteiger partial charge in [0, 0.05) is 31.8 Å². The quantitative estimate of drug-likeness (QED) is 0.886. The third kappa shape index (κ3) is 4.01. The standard InChI is InChI=1S/C17H23N3O3/c1-12-4-6-14(7-5-12)20-11-13(9-16(20)21)19-17(22)18-10-15-3-2-8-23-15/h4-7,13,15H,2-3,8-11H2,1H3,(H2,18,19,22)/t13-,15-/m0/s1. The fraction of sp³-hybridized carbons (Fsp3) is 0.529. The van der Waals surface area contributed by atoms with Crippen LogP contribution in [0.3, 0.4) is 0 Å². The third-order valence-corrected chi connectivity index (χ3v) is 4.32. The van der Waals surface area contributed by atoms with Gasteiger partial charge in [-0.05, 0) is 31.9 Å². The highest BCUT2D eigenvalue weighted by molar-refractivity contribution is 5.96. The fourth-order valence-electron chi connectivity index (χ4n) is 3.03. The molecule has 0 bridgehead atoms. The molecule has 1 aromatic carbocycles. The van der Waals surface area contributed by atoms with Crippen molar-refractivity contribution in [3.63, 3.8) is 0 Å². The van der Waals surface area contributed by atoms with Gasteiger partial charge in [-0.25, -0.2) is 4.79 Å². The molecule has 2 aliphatic rings. The number of hydrogen-bond donors (Lipinski definition) is 2. The summed E-state index contributed by atoms with van der Waals surface area (Å²) in [4.78, 5) is 25.8. The number of anilines is 1. The maximum absolute atomic E-state index is 12.2. The van der Waals surface area contributed by atoms with Gasteiger partial charge in [0.15, 0.2) is 0 Å². The van der Waals surface area contributed by atoms with E-state index in [1.165, 1.54) is 0 Å². The monoisotopic (exact) mass is 317 g/mol. The minimum atomic E-state index is -0.232. The van der Waals surface area contributed by atoms with E-state index in [-0.39, 0.29) is 24.1 Å². The summed E-state index contributed by atoms with van der Waals surface area (Å²) in [7, 11) is 0. The van der Waals surface area contributed by atoms with Crippen molar-refractivity contribution in [3.05, 3.63) is 29.8 Å². The van der Waals surface area contributed by atoms with Crippen molar-refractivity contribution in [2.45, 2.75) is 38.3 Å². The van der Waals surface area contributed by atoms with E-state index in [0.717, 1.165) is 30.7 Å². The molecule has 0 spiro atoms. The van der Waals surface area contributed by atoms with Crippen molar-refractivity contribution in [2.24, 2.45) is 0 Å². The Morgan fingerprint density at radius 3 is 2.83 bits per heavy atom. The molecule has 6 nitrogen and oxygen atoms in total. The first-order valence-electron chi connectivity index (χ1n) is 8.15. The lowest BCUT2D eigenvalue weighted by Crippen LogP contribution is -2.45. The molecule has 1 aromatic rings. The second-order valence-corrected chi connectivity index (χ2v) is 6.23. The average molecular weight is 317 g/mol. The number of amides is 3. The number of carbonyl (C=O) groups excluding carboxylic acids is 2. The van der Waals surface area contributed by atoms with Gasteiger partial charge in [0.25, 0.3) is 0 Å². The van der Waals surface area contributed by atoms with Gasteiger partial charge in [-0.1, -0.05) is 17.7 Å². The predicted molar refractivity (Wildman–Crippen MR) is 87.4 cm³/mol. The molecule has 2 heterocycles. The van der Waals surface area contributed by atoms with Crippen LogP contribution >= 0.6 is 0 Å². The van der Waals surface area contributed by atoms with Crippen LogP contribution in [0.25, 0.3) is 0 Å². The van der Waals surface area contributed by atoms with Gasteiger partial charge >= 0.3 is 6.03 Å². The van der Waals surface area contributed by atoms with Crippen molar-refractivity contribution in [1.29, 1.82) is 0 Å². The Bertz CT molecular complexity index is 567. The summed E-state index contributed by atoms with van der Waals surface area (Å²) >= 11 is 0. The van der Waals surface area contributed by atoms with Gasteiger partial charge in [-0.15, -0.1) is 0 Å². The SMILES string of the molecule is Cc1ccc(N2C[C@@H](NC(=O)NC[C@@H]3CCCO3)CC2=O)cc1. The lowest BCUT2D eigenvalue weighted by Gasteiger charge is -2.18. The number of nitrogens with zero attached hydrogens (tertiary/aromatic N) is 1. The first-order valence-corrected chi connectivity index (χ1v) is 8.15. The second kappa shape index (κ2) is 7.00. The molecule has 2 fully saturated rings. The molecule has 0 aromatic heterocycles. The first kappa shape index (κ1) is 15.8. The predicted octanol–water partition coefficient (Wildman–Crippen LogP) is 1.58. The Hall–Kier alpha value is -2.08. The van der Waals surface area contributed by atoms with E-state index in [2.05, 4.69) is 10.6 Å². The molecule has 2 N–H and O–H groups in total. The number of hydrogen-bond acceptors (Lipinski definition) is 3. The van der Waals surface area contributed by atoms with E-state index < -0.39 is 0 Å². The molecule has 0 unspecified atom stereocenters. The van der Waals surface area contributed by atoms with Gasteiger partial charge in [-0.2, -0.15) is 0 Å². The fourth-order valence-corrected chi connectivity index (χ4v) is 3.03. The van der Waals surface area contributed by atoms with Crippen molar-refractivity contribution < 1.29 is 14.3 Å². The van der Waals surface area contributed by atoms with E-state index in [1.807, 2.05) is 31.2 Å². The highest BCUT2D eigenvalue weighted by Gasteiger charge is 2.31. The molecule has 2 atom stereocenters. The maximum atomic E-state index is 12.2. The van der Waals surface area contributed by atoms with Crippen LogP contribution in [0.2, 0.25) is 0 Å². The molecular formula is C17H23N3O3. The average Bonchev–Trinajstić information content (AvgIpc) is 3.16. The van der Waals surface area contributed by atoms with E-state index >= 15 is 0 Å². The molecule has 3 rings (SSSR count). The zero-order chi connectivity index (χ0) is 16.2. The highest BCUT2D eigenvalue weighted by Crippen LogP contribution is 2.21. The molecule has 0 radical (unpaired) electrons. The van der Waals surface area contributed by atoms with Crippen LogP contribution in [-0.4, -0.2) is 43.8 Å². The van der Waals surface area contributed by atoms with Gasteiger partial charge in [0.1, 0.15) is 0 Å². The van der Waals surface area contributed by atoms with E-state index in [4.69, 9.17) is 4.74 Å². The second-order valence-electron chi connectivity index (χ2n) is 6.23. The van der Waals surface area contributed by atoms with Gasteiger partial charge in [0.05, 0.1) is 12.1 Å². The minimum absolute atomic E-state index is 0.0401. The summed E-state index contributed by atoms with van der Waals surface area (Å²) in [6.45, 7) is 3.82. The zero-order valence-corrected chi connectivity index (χ0v) is 13.4.